The van der Waals surface area contributed by atoms with E-state index in [-0.39, 0.29) is 18.2 Å². The minimum Gasteiger partial charge on any atom is -0.481 e. The smallest absolute Gasteiger partial charge is 0.341 e. The molecule has 9 nitrogen and oxygen atoms in total. The summed E-state index contributed by atoms with van der Waals surface area (Å²) in [7, 11) is 0. The van der Waals surface area contributed by atoms with E-state index in [0.717, 1.165) is 0 Å². The summed E-state index contributed by atoms with van der Waals surface area (Å²) in [5.74, 6) is -1.57. The van der Waals surface area contributed by atoms with Gasteiger partial charge in [0.15, 0.2) is 12.3 Å². The highest BCUT2D eigenvalue weighted by atomic mass is 16.5. The molecule has 170 valence electrons. The number of amides is 2. The number of nitrogens with zero attached hydrogens (tertiary/aromatic N) is 3. The van der Waals surface area contributed by atoms with Crippen LogP contribution >= 0.6 is 0 Å². The van der Waals surface area contributed by atoms with Crippen molar-refractivity contribution in [1.29, 1.82) is 0 Å². The van der Waals surface area contributed by atoms with Crippen LogP contribution < -0.4 is 15.0 Å². The number of carboxylic acids is 1. The average molecular weight is 456 g/mol. The quantitative estimate of drug-likeness (QED) is 0.399. The predicted octanol–water partition coefficient (Wildman–Crippen LogP) is 2.96. The highest BCUT2D eigenvalue weighted by Crippen LogP contribution is 2.29. The second-order valence-corrected chi connectivity index (χ2v) is 7.24. The zero-order valence-corrected chi connectivity index (χ0v) is 17.9. The van der Waals surface area contributed by atoms with Gasteiger partial charge in [0.1, 0.15) is 12.3 Å². The van der Waals surface area contributed by atoms with E-state index in [1.807, 2.05) is 6.07 Å². The van der Waals surface area contributed by atoms with Crippen molar-refractivity contribution in [1.82, 2.24) is 0 Å². The van der Waals surface area contributed by atoms with Gasteiger partial charge in [-0.2, -0.15) is 5.10 Å². The maximum atomic E-state index is 13.1. The molecule has 0 saturated carbocycles. The Morgan fingerprint density at radius 3 is 2.47 bits per heavy atom. The Morgan fingerprint density at radius 1 is 0.971 bits per heavy atom. The SMILES string of the molecule is O=C(O)COc1ccccc1/C=N/N=C1\C(=O)N(CC(=O)Nc2ccccc2)c2ccccc21. The van der Waals surface area contributed by atoms with Gasteiger partial charge in [0.2, 0.25) is 5.91 Å². The molecule has 0 aromatic heterocycles. The Balaban J connectivity index is 1.54. The number of anilines is 2. The Morgan fingerprint density at radius 2 is 1.68 bits per heavy atom. The molecular weight excluding hydrogens is 436 g/mol. The number of rotatable bonds is 8. The Kier molecular flexibility index (Phi) is 6.73. The van der Waals surface area contributed by atoms with Gasteiger partial charge >= 0.3 is 5.97 Å². The van der Waals surface area contributed by atoms with Gasteiger partial charge < -0.3 is 15.2 Å². The van der Waals surface area contributed by atoms with E-state index in [2.05, 4.69) is 15.5 Å². The van der Waals surface area contributed by atoms with Crippen molar-refractivity contribution in [2.75, 3.05) is 23.4 Å². The molecular formula is C25H20N4O5. The molecule has 4 rings (SSSR count). The van der Waals surface area contributed by atoms with E-state index in [4.69, 9.17) is 9.84 Å². The van der Waals surface area contributed by atoms with Crippen LogP contribution in [0.25, 0.3) is 0 Å². The van der Waals surface area contributed by atoms with Gasteiger partial charge in [-0.15, -0.1) is 5.10 Å². The zero-order chi connectivity index (χ0) is 23.9. The summed E-state index contributed by atoms with van der Waals surface area (Å²) in [6, 6.07) is 22.7. The number of carbonyl (C=O) groups excluding carboxylic acids is 2. The third kappa shape index (κ3) is 5.16. The summed E-state index contributed by atoms with van der Waals surface area (Å²) in [5.41, 5.74) is 2.37. The normalized spacial score (nSPS) is 13.8. The molecule has 3 aromatic carbocycles. The number of ether oxygens (including phenoxy) is 1. The summed E-state index contributed by atoms with van der Waals surface area (Å²) in [6.45, 7) is -0.676. The molecule has 0 radical (unpaired) electrons. The fraction of sp³-hybridized carbons (Fsp3) is 0.0800. The van der Waals surface area contributed by atoms with E-state index in [9.17, 15) is 14.4 Å². The number of hydrogen-bond donors (Lipinski definition) is 2. The molecule has 1 aliphatic rings. The molecule has 1 aliphatic heterocycles. The zero-order valence-electron chi connectivity index (χ0n) is 17.9. The lowest BCUT2D eigenvalue weighted by Gasteiger charge is -2.16. The number of hydrogen-bond acceptors (Lipinski definition) is 6. The van der Waals surface area contributed by atoms with Crippen molar-refractivity contribution >= 4 is 41.1 Å². The Hall–Kier alpha value is -4.79. The first-order valence-electron chi connectivity index (χ1n) is 10.3. The minimum atomic E-state index is -1.10. The fourth-order valence-electron chi connectivity index (χ4n) is 3.39. The van der Waals surface area contributed by atoms with Crippen LogP contribution in [0.1, 0.15) is 11.1 Å². The predicted molar refractivity (Wildman–Crippen MR) is 128 cm³/mol. The Labute approximate surface area is 195 Å². The Bertz CT molecular complexity index is 1290. The van der Waals surface area contributed by atoms with Crippen LogP contribution in [0.15, 0.2) is 89.1 Å². The molecule has 0 bridgehead atoms. The highest BCUT2D eigenvalue weighted by molar-refractivity contribution is 6.54. The summed E-state index contributed by atoms with van der Waals surface area (Å²) in [4.78, 5) is 37.8. The van der Waals surface area contributed by atoms with E-state index in [1.54, 1.807) is 72.8 Å². The summed E-state index contributed by atoms with van der Waals surface area (Å²) >= 11 is 0. The molecule has 0 atom stereocenters. The monoisotopic (exact) mass is 456 g/mol. The van der Waals surface area contributed by atoms with Crippen molar-refractivity contribution < 1.29 is 24.2 Å². The maximum Gasteiger partial charge on any atom is 0.341 e. The number of para-hydroxylation sites is 3. The standard InChI is InChI=1S/C25H20N4O5/c30-22(27-18-9-2-1-3-10-18)15-29-20-12-6-5-11-19(20)24(25(29)33)28-26-14-17-8-4-7-13-21(17)34-16-23(31)32/h1-14H,15-16H2,(H,27,30)(H,31,32)/b26-14+,28-24-. The van der Waals surface area contributed by atoms with Gasteiger partial charge in [-0.25, -0.2) is 4.79 Å². The molecule has 0 fully saturated rings. The largest absolute Gasteiger partial charge is 0.481 e. The molecule has 9 heteroatoms. The van der Waals surface area contributed by atoms with Crippen molar-refractivity contribution in [2.24, 2.45) is 10.2 Å². The van der Waals surface area contributed by atoms with Crippen LogP contribution in [0.2, 0.25) is 0 Å². The van der Waals surface area contributed by atoms with Crippen LogP contribution in [0.3, 0.4) is 0 Å². The molecule has 0 aliphatic carbocycles. The van der Waals surface area contributed by atoms with E-state index in [0.29, 0.717) is 28.3 Å². The number of carbonyl (C=O) groups is 3. The van der Waals surface area contributed by atoms with Gasteiger partial charge in [0.05, 0.1) is 11.9 Å². The van der Waals surface area contributed by atoms with Crippen molar-refractivity contribution in [3.63, 3.8) is 0 Å². The number of benzene rings is 3. The molecule has 2 amide bonds. The number of nitrogens with one attached hydrogen (secondary N) is 1. The number of carboxylic acid groups (broad SMARTS) is 1. The number of fused-ring (bicyclic) bond motifs is 1. The van der Waals surface area contributed by atoms with Gasteiger partial charge in [-0.1, -0.05) is 48.5 Å². The first-order valence-corrected chi connectivity index (χ1v) is 10.3. The summed E-state index contributed by atoms with van der Waals surface area (Å²) < 4.78 is 5.25. The van der Waals surface area contributed by atoms with Gasteiger partial charge in [-0.05, 0) is 30.3 Å². The third-order valence-electron chi connectivity index (χ3n) is 4.88. The van der Waals surface area contributed by atoms with Crippen LogP contribution in [0.5, 0.6) is 5.75 Å². The van der Waals surface area contributed by atoms with E-state index in [1.165, 1.54) is 11.1 Å². The summed E-state index contributed by atoms with van der Waals surface area (Å²) in [5, 5.41) is 19.7. The topological polar surface area (TPSA) is 121 Å². The fourth-order valence-corrected chi connectivity index (χ4v) is 3.39. The van der Waals surface area contributed by atoms with Gasteiger partial charge in [-0.3, -0.25) is 14.5 Å². The number of aliphatic carboxylic acids is 1. The van der Waals surface area contributed by atoms with Crippen LogP contribution in [0.4, 0.5) is 11.4 Å². The molecule has 3 aromatic rings. The van der Waals surface area contributed by atoms with E-state index < -0.39 is 18.5 Å². The lowest BCUT2D eigenvalue weighted by Crippen LogP contribution is -2.37. The molecule has 0 spiro atoms. The third-order valence-corrected chi connectivity index (χ3v) is 4.88. The second kappa shape index (κ2) is 10.2. The maximum absolute atomic E-state index is 13.1. The van der Waals surface area contributed by atoms with Crippen LogP contribution in [-0.2, 0) is 14.4 Å². The van der Waals surface area contributed by atoms with E-state index >= 15 is 0 Å². The summed E-state index contributed by atoms with van der Waals surface area (Å²) in [6.07, 6.45) is 1.38. The molecule has 0 unspecified atom stereocenters. The van der Waals surface area contributed by atoms with Crippen molar-refractivity contribution in [3.8, 4) is 5.75 Å². The molecule has 1 heterocycles. The molecule has 0 saturated heterocycles. The van der Waals surface area contributed by atoms with Gasteiger partial charge in [0, 0.05) is 16.8 Å². The molecule has 34 heavy (non-hydrogen) atoms. The van der Waals surface area contributed by atoms with Crippen LogP contribution in [-0.4, -0.2) is 48.0 Å². The first-order chi connectivity index (χ1) is 16.5. The van der Waals surface area contributed by atoms with Crippen LogP contribution in [0, 0.1) is 0 Å². The first kappa shape index (κ1) is 22.4. The van der Waals surface area contributed by atoms with Crippen molar-refractivity contribution in [3.05, 3.63) is 90.0 Å². The minimum absolute atomic E-state index is 0.100. The van der Waals surface area contributed by atoms with Crippen molar-refractivity contribution in [2.45, 2.75) is 0 Å². The highest BCUT2D eigenvalue weighted by Gasteiger charge is 2.35. The average Bonchev–Trinajstić information content (AvgIpc) is 3.10. The lowest BCUT2D eigenvalue weighted by molar-refractivity contribution is -0.139. The second-order valence-electron chi connectivity index (χ2n) is 7.24. The molecule has 2 N–H and O–H groups in total. The lowest BCUT2D eigenvalue weighted by atomic mass is 10.1. The van der Waals surface area contributed by atoms with Gasteiger partial charge in [0.25, 0.3) is 5.91 Å².